The molecule has 0 saturated heterocycles. The number of fused-ring (bicyclic) bond motifs is 2. The van der Waals surface area contributed by atoms with Crippen LogP contribution >= 0.6 is 0 Å². The van der Waals surface area contributed by atoms with Gasteiger partial charge >= 0.3 is 5.69 Å². The number of aromatic nitrogens is 4. The Balaban J connectivity index is 1.62. The van der Waals surface area contributed by atoms with Crippen molar-refractivity contribution < 1.29 is 9.53 Å². The summed E-state index contributed by atoms with van der Waals surface area (Å²) in [6, 6.07) is 7.45. The third-order valence-corrected chi connectivity index (χ3v) is 4.82. The van der Waals surface area contributed by atoms with Gasteiger partial charge in [0.05, 0.1) is 19.0 Å². The fourth-order valence-corrected chi connectivity index (χ4v) is 3.40. The zero-order valence-electron chi connectivity index (χ0n) is 15.0. The fraction of sp³-hybridized carbons (Fsp3) is 0.333. The first-order valence-electron chi connectivity index (χ1n) is 8.59. The summed E-state index contributed by atoms with van der Waals surface area (Å²) in [4.78, 5) is 41.2. The summed E-state index contributed by atoms with van der Waals surface area (Å²) in [5, 5.41) is 2.99. The van der Waals surface area contributed by atoms with E-state index in [0.717, 1.165) is 15.9 Å². The first-order chi connectivity index (χ1) is 13.0. The molecule has 0 spiro atoms. The van der Waals surface area contributed by atoms with Crippen molar-refractivity contribution in [3.05, 3.63) is 57.0 Å². The average Bonchev–Trinajstić information content (AvgIpc) is 3.08. The van der Waals surface area contributed by atoms with Gasteiger partial charge in [-0.15, -0.1) is 0 Å². The second-order valence-corrected chi connectivity index (χ2v) is 6.55. The van der Waals surface area contributed by atoms with Crippen LogP contribution < -0.4 is 21.3 Å². The summed E-state index contributed by atoms with van der Waals surface area (Å²) in [5.74, 6) is 0.526. The van der Waals surface area contributed by atoms with Crippen LogP contribution in [0, 0.1) is 0 Å². The Morgan fingerprint density at radius 1 is 1.26 bits per heavy atom. The summed E-state index contributed by atoms with van der Waals surface area (Å²) >= 11 is 0. The molecule has 3 heterocycles. The van der Waals surface area contributed by atoms with E-state index >= 15 is 0 Å². The van der Waals surface area contributed by atoms with Crippen LogP contribution in [0.3, 0.4) is 0 Å². The Hall–Kier alpha value is -3.36. The minimum atomic E-state index is -0.477. The van der Waals surface area contributed by atoms with E-state index in [4.69, 9.17) is 4.74 Å². The lowest BCUT2D eigenvalue weighted by Crippen LogP contribution is -2.38. The quantitative estimate of drug-likeness (QED) is 0.704. The maximum atomic E-state index is 12.6. The Bertz CT molecular complexity index is 1160. The highest BCUT2D eigenvalue weighted by Gasteiger charge is 2.23. The summed E-state index contributed by atoms with van der Waals surface area (Å²) in [6.45, 7) is 0.460. The van der Waals surface area contributed by atoms with Crippen LogP contribution in [0.15, 0.2) is 40.2 Å². The first-order valence-corrected chi connectivity index (χ1v) is 8.59. The molecule has 0 unspecified atom stereocenters. The normalized spacial score (nSPS) is 16.0. The summed E-state index contributed by atoms with van der Waals surface area (Å²) in [6.07, 6.45) is 2.08. The molecule has 0 fully saturated rings. The SMILES string of the molecule is Cn1c(=O)c2c(ncn2CC(=O)N[C@@H]2CCOc3ccccc32)n(C)c1=O. The van der Waals surface area contributed by atoms with Crippen LogP contribution in [0.5, 0.6) is 5.75 Å². The van der Waals surface area contributed by atoms with Gasteiger partial charge in [0.1, 0.15) is 12.3 Å². The van der Waals surface area contributed by atoms with Gasteiger partial charge in [0, 0.05) is 26.1 Å². The largest absolute Gasteiger partial charge is 0.493 e. The number of imidazole rings is 1. The number of benzene rings is 1. The van der Waals surface area contributed by atoms with Gasteiger partial charge in [0.2, 0.25) is 5.91 Å². The van der Waals surface area contributed by atoms with Crippen molar-refractivity contribution in [1.82, 2.24) is 24.0 Å². The van der Waals surface area contributed by atoms with Crippen LogP contribution in [0.4, 0.5) is 0 Å². The fourth-order valence-electron chi connectivity index (χ4n) is 3.40. The molecular weight excluding hydrogens is 350 g/mol. The second-order valence-electron chi connectivity index (χ2n) is 6.55. The van der Waals surface area contributed by atoms with Crippen LogP contribution in [0.25, 0.3) is 11.2 Å². The number of para-hydroxylation sites is 1. The van der Waals surface area contributed by atoms with Crippen LogP contribution in [-0.2, 0) is 25.4 Å². The lowest BCUT2D eigenvalue weighted by molar-refractivity contribution is -0.122. The van der Waals surface area contributed by atoms with Gasteiger partial charge in [0.15, 0.2) is 11.2 Å². The van der Waals surface area contributed by atoms with Gasteiger partial charge in [-0.05, 0) is 6.07 Å². The van der Waals surface area contributed by atoms with Gasteiger partial charge in [-0.1, -0.05) is 18.2 Å². The van der Waals surface area contributed by atoms with Crippen molar-refractivity contribution in [1.29, 1.82) is 0 Å². The monoisotopic (exact) mass is 369 g/mol. The summed E-state index contributed by atoms with van der Waals surface area (Å²) < 4.78 is 9.38. The third-order valence-electron chi connectivity index (χ3n) is 4.82. The number of rotatable bonds is 3. The first kappa shape index (κ1) is 17.1. The molecule has 140 valence electrons. The molecule has 0 aliphatic carbocycles. The number of carbonyl (C=O) groups is 1. The number of aryl methyl sites for hydroxylation is 1. The molecule has 1 aromatic carbocycles. The zero-order valence-corrected chi connectivity index (χ0v) is 15.0. The van der Waals surface area contributed by atoms with Crippen molar-refractivity contribution in [2.24, 2.45) is 14.1 Å². The molecule has 1 amide bonds. The topological polar surface area (TPSA) is 100 Å². The zero-order chi connectivity index (χ0) is 19.1. The number of nitrogens with one attached hydrogen (secondary N) is 1. The molecule has 3 aromatic rings. The van der Waals surface area contributed by atoms with Gasteiger partial charge in [-0.3, -0.25) is 18.7 Å². The standard InChI is InChI=1S/C18H19N5O4/c1-21-16-15(17(25)22(2)18(21)26)23(10-19-16)9-14(24)20-12-7-8-27-13-6-4-3-5-11(12)13/h3-6,10,12H,7-9H2,1-2H3,(H,20,24)/t12-/m1/s1. The van der Waals surface area contributed by atoms with Crippen LogP contribution in [-0.4, -0.2) is 31.2 Å². The number of hydrogen-bond acceptors (Lipinski definition) is 5. The van der Waals surface area contributed by atoms with Crippen LogP contribution in [0.1, 0.15) is 18.0 Å². The van der Waals surface area contributed by atoms with E-state index in [9.17, 15) is 14.4 Å². The second kappa shape index (κ2) is 6.42. The smallest absolute Gasteiger partial charge is 0.332 e. The maximum absolute atomic E-state index is 12.6. The molecule has 0 saturated carbocycles. The van der Waals surface area contributed by atoms with Crippen molar-refractivity contribution in [3.8, 4) is 5.75 Å². The van der Waals surface area contributed by atoms with Gasteiger partial charge < -0.3 is 14.6 Å². The lowest BCUT2D eigenvalue weighted by atomic mass is 10.0. The molecule has 9 nitrogen and oxygen atoms in total. The minimum absolute atomic E-state index is 0.0660. The molecule has 1 N–H and O–H groups in total. The number of hydrogen-bond donors (Lipinski definition) is 1. The Kier molecular flexibility index (Phi) is 4.06. The lowest BCUT2D eigenvalue weighted by Gasteiger charge is -2.26. The third kappa shape index (κ3) is 2.80. The Morgan fingerprint density at radius 2 is 2.04 bits per heavy atom. The maximum Gasteiger partial charge on any atom is 0.332 e. The number of ether oxygens (including phenoxy) is 1. The molecular formula is C18H19N5O4. The van der Waals surface area contributed by atoms with Gasteiger partial charge in [-0.25, -0.2) is 9.78 Å². The molecule has 1 aliphatic heterocycles. The Morgan fingerprint density at radius 3 is 2.85 bits per heavy atom. The van der Waals surface area contributed by atoms with Crippen molar-refractivity contribution in [2.45, 2.75) is 19.0 Å². The van der Waals surface area contributed by atoms with Crippen molar-refractivity contribution >= 4 is 17.1 Å². The van der Waals surface area contributed by atoms with E-state index in [0.29, 0.717) is 13.0 Å². The Labute approximate surface area is 153 Å². The molecule has 9 heteroatoms. The number of nitrogens with zero attached hydrogens (tertiary/aromatic N) is 4. The number of amides is 1. The molecule has 1 aliphatic rings. The molecule has 0 bridgehead atoms. The summed E-state index contributed by atoms with van der Waals surface area (Å²) in [7, 11) is 2.95. The van der Waals surface area contributed by atoms with Crippen molar-refractivity contribution in [2.75, 3.05) is 6.61 Å². The molecule has 1 atom stereocenters. The molecule has 27 heavy (non-hydrogen) atoms. The highest BCUT2D eigenvalue weighted by Crippen LogP contribution is 2.31. The van der Waals surface area contributed by atoms with E-state index < -0.39 is 11.2 Å². The molecule has 2 aromatic heterocycles. The predicted octanol–water partition coefficient (Wildman–Crippen LogP) is 0.0737. The summed E-state index contributed by atoms with van der Waals surface area (Å²) in [5.41, 5.74) is 0.483. The van der Waals surface area contributed by atoms with E-state index in [1.54, 1.807) is 7.05 Å². The van der Waals surface area contributed by atoms with Gasteiger partial charge in [0.25, 0.3) is 5.56 Å². The highest BCUT2D eigenvalue weighted by molar-refractivity contribution is 5.79. The van der Waals surface area contributed by atoms with Crippen LogP contribution in [0.2, 0.25) is 0 Å². The van der Waals surface area contributed by atoms with E-state index in [-0.39, 0.29) is 29.7 Å². The molecule has 4 rings (SSSR count). The average molecular weight is 369 g/mol. The number of carbonyl (C=O) groups excluding carboxylic acids is 1. The molecule has 0 radical (unpaired) electrons. The van der Waals surface area contributed by atoms with E-state index in [1.807, 2.05) is 24.3 Å². The van der Waals surface area contributed by atoms with E-state index in [2.05, 4.69) is 10.3 Å². The van der Waals surface area contributed by atoms with Gasteiger partial charge in [-0.2, -0.15) is 0 Å². The van der Waals surface area contributed by atoms with Crippen molar-refractivity contribution in [3.63, 3.8) is 0 Å². The predicted molar refractivity (Wildman–Crippen MR) is 97.7 cm³/mol. The highest BCUT2D eigenvalue weighted by atomic mass is 16.5. The van der Waals surface area contributed by atoms with E-state index in [1.165, 1.54) is 22.5 Å². The minimum Gasteiger partial charge on any atom is -0.493 e.